The van der Waals surface area contributed by atoms with Crippen molar-refractivity contribution in [2.45, 2.75) is 25.9 Å². The van der Waals surface area contributed by atoms with Gasteiger partial charge in [-0.15, -0.1) is 0 Å². The Bertz CT molecular complexity index is 480. The van der Waals surface area contributed by atoms with Gasteiger partial charge in [-0.3, -0.25) is 0 Å². The molecule has 0 aliphatic heterocycles. The van der Waals surface area contributed by atoms with Gasteiger partial charge in [-0.2, -0.15) is 0 Å². The monoisotopic (exact) mass is 208 g/mol. The van der Waals surface area contributed by atoms with Gasteiger partial charge in [0.1, 0.15) is 17.2 Å². The summed E-state index contributed by atoms with van der Waals surface area (Å²) in [5.41, 5.74) is -0.320. The summed E-state index contributed by atoms with van der Waals surface area (Å²) in [5.74, 6) is 0.306. The topological polar surface area (TPSA) is 33.4 Å². The SMILES string of the molecule is CC(C)(O)Cc1cc2c(F)cccc2o1. The third-order valence-corrected chi connectivity index (χ3v) is 2.17. The van der Waals surface area contributed by atoms with Gasteiger partial charge in [0.2, 0.25) is 0 Å². The summed E-state index contributed by atoms with van der Waals surface area (Å²) in [4.78, 5) is 0. The van der Waals surface area contributed by atoms with Crippen LogP contribution in [0.2, 0.25) is 0 Å². The Morgan fingerprint density at radius 1 is 1.40 bits per heavy atom. The fourth-order valence-corrected chi connectivity index (χ4v) is 1.59. The van der Waals surface area contributed by atoms with Crippen molar-refractivity contribution in [2.24, 2.45) is 0 Å². The summed E-state index contributed by atoms with van der Waals surface area (Å²) in [7, 11) is 0. The number of hydrogen-bond donors (Lipinski definition) is 1. The van der Waals surface area contributed by atoms with E-state index in [1.807, 2.05) is 0 Å². The quantitative estimate of drug-likeness (QED) is 0.823. The first kappa shape index (κ1) is 10.2. The Morgan fingerprint density at radius 2 is 2.13 bits per heavy atom. The average Bonchev–Trinajstić information content (AvgIpc) is 2.45. The van der Waals surface area contributed by atoms with E-state index in [9.17, 15) is 9.50 Å². The largest absolute Gasteiger partial charge is 0.461 e. The minimum absolute atomic E-state index is 0.293. The van der Waals surface area contributed by atoms with Crippen molar-refractivity contribution in [3.63, 3.8) is 0 Å². The van der Waals surface area contributed by atoms with Gasteiger partial charge in [0.05, 0.1) is 11.0 Å². The number of aliphatic hydroxyl groups is 1. The predicted molar refractivity (Wildman–Crippen MR) is 56.2 cm³/mol. The summed E-state index contributed by atoms with van der Waals surface area (Å²) in [6, 6.07) is 6.36. The minimum Gasteiger partial charge on any atom is -0.461 e. The Hall–Kier alpha value is -1.35. The van der Waals surface area contributed by atoms with Crippen LogP contribution in [0.25, 0.3) is 11.0 Å². The molecule has 2 rings (SSSR count). The molecule has 1 N–H and O–H groups in total. The number of halogens is 1. The van der Waals surface area contributed by atoms with Crippen molar-refractivity contribution in [1.29, 1.82) is 0 Å². The van der Waals surface area contributed by atoms with Crippen LogP contribution in [-0.2, 0) is 6.42 Å². The lowest BCUT2D eigenvalue weighted by molar-refractivity contribution is 0.0757. The van der Waals surface area contributed by atoms with Crippen LogP contribution in [0.3, 0.4) is 0 Å². The van der Waals surface area contributed by atoms with E-state index in [4.69, 9.17) is 4.42 Å². The van der Waals surface area contributed by atoms with Gasteiger partial charge in [-0.05, 0) is 32.0 Å². The maximum absolute atomic E-state index is 13.3. The molecule has 0 amide bonds. The zero-order valence-corrected chi connectivity index (χ0v) is 8.75. The molecule has 1 aromatic heterocycles. The Balaban J connectivity index is 2.44. The first-order valence-electron chi connectivity index (χ1n) is 4.85. The molecule has 0 bridgehead atoms. The highest BCUT2D eigenvalue weighted by Gasteiger charge is 2.17. The molecule has 1 heterocycles. The number of rotatable bonds is 2. The van der Waals surface area contributed by atoms with Crippen molar-refractivity contribution < 1.29 is 13.9 Å². The van der Waals surface area contributed by atoms with Crippen LogP contribution in [0.5, 0.6) is 0 Å². The van der Waals surface area contributed by atoms with Crippen LogP contribution in [0.1, 0.15) is 19.6 Å². The minimum atomic E-state index is -0.843. The molecule has 0 unspecified atom stereocenters. The second kappa shape index (κ2) is 3.35. The van der Waals surface area contributed by atoms with Crippen LogP contribution in [0, 0.1) is 5.82 Å². The van der Waals surface area contributed by atoms with Crippen LogP contribution in [0.15, 0.2) is 28.7 Å². The van der Waals surface area contributed by atoms with E-state index in [1.54, 1.807) is 32.0 Å². The van der Waals surface area contributed by atoms with E-state index in [0.29, 0.717) is 23.2 Å². The molecular formula is C12H13FO2. The molecule has 2 nitrogen and oxygen atoms in total. The standard InChI is InChI=1S/C12H13FO2/c1-12(2,14)7-8-6-9-10(13)4-3-5-11(9)15-8/h3-6,14H,7H2,1-2H3. The maximum atomic E-state index is 13.3. The van der Waals surface area contributed by atoms with Crippen molar-refractivity contribution in [3.05, 3.63) is 35.8 Å². The van der Waals surface area contributed by atoms with Crippen LogP contribution in [0.4, 0.5) is 4.39 Å². The summed E-state index contributed by atoms with van der Waals surface area (Å²) in [5, 5.41) is 10.1. The summed E-state index contributed by atoms with van der Waals surface area (Å²) in [6.45, 7) is 3.38. The molecule has 0 radical (unpaired) electrons. The lowest BCUT2D eigenvalue weighted by atomic mass is 10.0. The molecule has 80 valence electrons. The molecule has 0 atom stereocenters. The summed E-state index contributed by atoms with van der Waals surface area (Å²) < 4.78 is 18.7. The zero-order valence-electron chi connectivity index (χ0n) is 8.75. The fraction of sp³-hybridized carbons (Fsp3) is 0.333. The van der Waals surface area contributed by atoms with Gasteiger partial charge >= 0.3 is 0 Å². The zero-order chi connectivity index (χ0) is 11.1. The number of furan rings is 1. The smallest absolute Gasteiger partial charge is 0.137 e. The maximum Gasteiger partial charge on any atom is 0.137 e. The van der Waals surface area contributed by atoms with E-state index in [0.717, 1.165) is 0 Å². The van der Waals surface area contributed by atoms with Crippen molar-refractivity contribution >= 4 is 11.0 Å². The first-order chi connectivity index (χ1) is 6.96. The Kier molecular flexibility index (Phi) is 2.27. The van der Waals surface area contributed by atoms with E-state index in [1.165, 1.54) is 6.07 Å². The third kappa shape index (κ3) is 2.18. The first-order valence-corrected chi connectivity index (χ1v) is 4.85. The molecular weight excluding hydrogens is 195 g/mol. The highest BCUT2D eigenvalue weighted by molar-refractivity contribution is 5.78. The van der Waals surface area contributed by atoms with Crippen molar-refractivity contribution in [1.82, 2.24) is 0 Å². The summed E-state index contributed by atoms with van der Waals surface area (Å²) >= 11 is 0. The lowest BCUT2D eigenvalue weighted by Gasteiger charge is -2.14. The predicted octanol–water partition coefficient (Wildman–Crippen LogP) is 2.89. The number of benzene rings is 1. The van der Waals surface area contributed by atoms with Crippen molar-refractivity contribution in [2.75, 3.05) is 0 Å². The van der Waals surface area contributed by atoms with E-state index in [-0.39, 0.29) is 5.82 Å². The van der Waals surface area contributed by atoms with Gasteiger partial charge < -0.3 is 9.52 Å². The van der Waals surface area contributed by atoms with Gasteiger partial charge in [0.25, 0.3) is 0 Å². The molecule has 0 saturated heterocycles. The molecule has 1 aromatic carbocycles. The lowest BCUT2D eigenvalue weighted by Crippen LogP contribution is -2.21. The fourth-order valence-electron chi connectivity index (χ4n) is 1.59. The highest BCUT2D eigenvalue weighted by atomic mass is 19.1. The highest BCUT2D eigenvalue weighted by Crippen LogP contribution is 2.24. The molecule has 0 aliphatic rings. The van der Waals surface area contributed by atoms with Crippen LogP contribution in [-0.4, -0.2) is 10.7 Å². The molecule has 0 aliphatic carbocycles. The van der Waals surface area contributed by atoms with Crippen LogP contribution >= 0.6 is 0 Å². The second-order valence-electron chi connectivity index (χ2n) is 4.35. The normalized spacial score (nSPS) is 12.3. The van der Waals surface area contributed by atoms with Crippen LogP contribution < -0.4 is 0 Å². The van der Waals surface area contributed by atoms with Gasteiger partial charge in [0, 0.05) is 6.42 Å². The van der Waals surface area contributed by atoms with E-state index in [2.05, 4.69) is 0 Å². The molecule has 2 aromatic rings. The number of fused-ring (bicyclic) bond motifs is 1. The molecule has 3 heteroatoms. The summed E-state index contributed by atoms with van der Waals surface area (Å²) in [6.07, 6.45) is 0.376. The Morgan fingerprint density at radius 3 is 2.73 bits per heavy atom. The van der Waals surface area contributed by atoms with Gasteiger partial charge in [-0.1, -0.05) is 6.07 Å². The molecule has 0 saturated carbocycles. The molecule has 0 spiro atoms. The second-order valence-corrected chi connectivity index (χ2v) is 4.35. The molecule has 15 heavy (non-hydrogen) atoms. The third-order valence-electron chi connectivity index (χ3n) is 2.17. The molecule has 0 fully saturated rings. The average molecular weight is 208 g/mol. The van der Waals surface area contributed by atoms with Crippen molar-refractivity contribution in [3.8, 4) is 0 Å². The van der Waals surface area contributed by atoms with E-state index < -0.39 is 5.60 Å². The number of hydrogen-bond acceptors (Lipinski definition) is 2. The van der Waals surface area contributed by atoms with Gasteiger partial charge in [0.15, 0.2) is 0 Å². The van der Waals surface area contributed by atoms with E-state index >= 15 is 0 Å². The Labute approximate surface area is 87.3 Å². The van der Waals surface area contributed by atoms with Gasteiger partial charge in [-0.25, -0.2) is 4.39 Å².